The number of sulfonamides is 1. The lowest BCUT2D eigenvalue weighted by Crippen LogP contribution is -2.45. The predicted molar refractivity (Wildman–Crippen MR) is 109 cm³/mol. The van der Waals surface area contributed by atoms with E-state index in [0.29, 0.717) is 36.1 Å². The molecule has 150 valence electrons. The van der Waals surface area contributed by atoms with Crippen LogP contribution in [0.3, 0.4) is 0 Å². The maximum atomic E-state index is 12.8. The summed E-state index contributed by atoms with van der Waals surface area (Å²) in [7, 11) is -3.66. The Hall–Kier alpha value is -2.74. The molecule has 0 aromatic heterocycles. The van der Waals surface area contributed by atoms with Crippen molar-refractivity contribution in [3.63, 3.8) is 0 Å². The number of carbonyl (C=O) groups excluding carboxylic acids is 1. The number of nitrogens with one attached hydrogen (secondary N) is 1. The molecule has 2 aromatic carbocycles. The van der Waals surface area contributed by atoms with E-state index in [0.717, 1.165) is 22.5 Å². The average molecular weight is 404 g/mol. The van der Waals surface area contributed by atoms with Crippen LogP contribution in [0.4, 0.5) is 11.4 Å². The lowest BCUT2D eigenvalue weighted by atomic mass is 10.1. The van der Waals surface area contributed by atoms with E-state index < -0.39 is 22.0 Å². The second kappa shape index (κ2) is 8.10. The first-order chi connectivity index (χ1) is 13.3. The molecule has 1 atom stereocenters. The van der Waals surface area contributed by atoms with Crippen molar-refractivity contribution < 1.29 is 22.7 Å². The van der Waals surface area contributed by atoms with Gasteiger partial charge >= 0.3 is 0 Å². The summed E-state index contributed by atoms with van der Waals surface area (Å²) in [5.74, 6) is 0.722. The molecule has 0 bridgehead atoms. The van der Waals surface area contributed by atoms with Crippen LogP contribution in [0.2, 0.25) is 0 Å². The fourth-order valence-corrected chi connectivity index (χ4v) is 4.23. The van der Waals surface area contributed by atoms with E-state index in [-0.39, 0.29) is 0 Å². The molecular weight excluding hydrogens is 380 g/mol. The van der Waals surface area contributed by atoms with Gasteiger partial charge in [-0.25, -0.2) is 8.42 Å². The van der Waals surface area contributed by atoms with Crippen LogP contribution < -0.4 is 19.1 Å². The normalized spacial score (nSPS) is 14.2. The Labute approximate surface area is 165 Å². The molecule has 0 aliphatic carbocycles. The summed E-state index contributed by atoms with van der Waals surface area (Å²) < 4.78 is 36.9. The van der Waals surface area contributed by atoms with Gasteiger partial charge in [0.2, 0.25) is 15.9 Å². The Kier molecular flexibility index (Phi) is 5.79. The Morgan fingerprint density at radius 1 is 1.11 bits per heavy atom. The van der Waals surface area contributed by atoms with Crippen LogP contribution in [-0.2, 0) is 21.2 Å². The lowest BCUT2D eigenvalue weighted by molar-refractivity contribution is -0.116. The minimum atomic E-state index is -3.66. The Bertz CT molecular complexity index is 957. The minimum Gasteiger partial charge on any atom is -0.486 e. The number of nitrogens with zero attached hydrogens (tertiary/aromatic N) is 1. The number of carbonyl (C=O) groups is 1. The summed E-state index contributed by atoms with van der Waals surface area (Å²) in [5.41, 5.74) is 2.05. The summed E-state index contributed by atoms with van der Waals surface area (Å²) in [6, 6.07) is 11.3. The molecule has 0 spiro atoms. The smallest absolute Gasteiger partial charge is 0.247 e. The highest BCUT2D eigenvalue weighted by Crippen LogP contribution is 2.32. The molecule has 0 saturated carbocycles. The standard InChI is InChI=1S/C20H24N2O5S/c1-4-15-5-8-17(9-6-15)22(28(3,24)25)14(2)20(23)21-16-7-10-18-19(13-16)27-12-11-26-18/h5-10,13-14H,4,11-12H2,1-3H3,(H,21,23)/t14-/m0/s1. The maximum absolute atomic E-state index is 12.8. The zero-order valence-electron chi connectivity index (χ0n) is 16.1. The van der Waals surface area contributed by atoms with E-state index >= 15 is 0 Å². The van der Waals surface area contributed by atoms with Crippen molar-refractivity contribution in [2.45, 2.75) is 26.3 Å². The quantitative estimate of drug-likeness (QED) is 0.800. The van der Waals surface area contributed by atoms with Crippen LogP contribution in [0.5, 0.6) is 11.5 Å². The van der Waals surface area contributed by atoms with Crippen LogP contribution in [0.1, 0.15) is 19.4 Å². The van der Waals surface area contributed by atoms with Crippen LogP contribution in [0, 0.1) is 0 Å². The van der Waals surface area contributed by atoms with Crippen LogP contribution in [-0.4, -0.2) is 39.8 Å². The fraction of sp³-hybridized carbons (Fsp3) is 0.350. The zero-order chi connectivity index (χ0) is 20.3. The van der Waals surface area contributed by atoms with E-state index in [9.17, 15) is 13.2 Å². The third kappa shape index (κ3) is 4.39. The summed E-state index contributed by atoms with van der Waals surface area (Å²) in [6.45, 7) is 4.50. The Morgan fingerprint density at radius 2 is 1.75 bits per heavy atom. The van der Waals surface area contributed by atoms with Gasteiger partial charge in [-0.1, -0.05) is 19.1 Å². The van der Waals surface area contributed by atoms with Crippen LogP contribution >= 0.6 is 0 Å². The SMILES string of the molecule is CCc1ccc(N([C@@H](C)C(=O)Nc2ccc3c(c2)OCCO3)S(C)(=O)=O)cc1. The molecule has 1 N–H and O–H groups in total. The van der Waals surface area contributed by atoms with Gasteiger partial charge in [-0.05, 0) is 43.2 Å². The van der Waals surface area contributed by atoms with Gasteiger partial charge in [-0.15, -0.1) is 0 Å². The van der Waals surface area contributed by atoms with Gasteiger partial charge in [-0.2, -0.15) is 0 Å². The van der Waals surface area contributed by atoms with Crippen molar-refractivity contribution in [3.05, 3.63) is 48.0 Å². The van der Waals surface area contributed by atoms with Gasteiger partial charge in [0, 0.05) is 11.8 Å². The number of hydrogen-bond acceptors (Lipinski definition) is 5. The number of hydrogen-bond donors (Lipinski definition) is 1. The molecule has 0 saturated heterocycles. The lowest BCUT2D eigenvalue weighted by Gasteiger charge is -2.28. The highest BCUT2D eigenvalue weighted by Gasteiger charge is 2.29. The van der Waals surface area contributed by atoms with Gasteiger partial charge in [-0.3, -0.25) is 9.10 Å². The second-order valence-corrected chi connectivity index (χ2v) is 8.46. The van der Waals surface area contributed by atoms with Crippen LogP contribution in [0.15, 0.2) is 42.5 Å². The average Bonchev–Trinajstić information content (AvgIpc) is 2.67. The molecule has 28 heavy (non-hydrogen) atoms. The fourth-order valence-electron chi connectivity index (χ4n) is 3.06. The third-order valence-electron chi connectivity index (χ3n) is 4.50. The maximum Gasteiger partial charge on any atom is 0.247 e. The first-order valence-corrected chi connectivity index (χ1v) is 10.9. The van der Waals surface area contributed by atoms with Crippen molar-refractivity contribution in [2.24, 2.45) is 0 Å². The molecule has 1 heterocycles. The Morgan fingerprint density at radius 3 is 2.36 bits per heavy atom. The first kappa shape index (κ1) is 20.0. The van der Waals surface area contributed by atoms with E-state index in [2.05, 4.69) is 5.32 Å². The van der Waals surface area contributed by atoms with E-state index in [1.165, 1.54) is 0 Å². The molecule has 2 aromatic rings. The largest absolute Gasteiger partial charge is 0.486 e. The summed E-state index contributed by atoms with van der Waals surface area (Å²) in [6.07, 6.45) is 1.94. The molecule has 7 nitrogen and oxygen atoms in total. The molecule has 1 amide bonds. The van der Waals surface area contributed by atoms with Crippen molar-refractivity contribution in [3.8, 4) is 11.5 Å². The van der Waals surface area contributed by atoms with Gasteiger partial charge in [0.1, 0.15) is 19.3 Å². The minimum absolute atomic E-state index is 0.441. The van der Waals surface area contributed by atoms with E-state index in [1.54, 1.807) is 37.3 Å². The van der Waals surface area contributed by atoms with E-state index in [4.69, 9.17) is 9.47 Å². The molecule has 0 unspecified atom stereocenters. The van der Waals surface area contributed by atoms with Gasteiger partial charge in [0.05, 0.1) is 11.9 Å². The number of rotatable bonds is 6. The molecule has 0 fully saturated rings. The third-order valence-corrected chi connectivity index (χ3v) is 5.74. The number of fused-ring (bicyclic) bond motifs is 1. The summed E-state index contributed by atoms with van der Waals surface area (Å²) >= 11 is 0. The van der Waals surface area contributed by atoms with Crippen molar-refractivity contribution in [2.75, 3.05) is 29.1 Å². The first-order valence-electron chi connectivity index (χ1n) is 9.08. The molecule has 0 radical (unpaired) electrons. The molecular formula is C20H24N2O5S. The molecule has 1 aliphatic rings. The van der Waals surface area contributed by atoms with Gasteiger partial charge in [0.25, 0.3) is 0 Å². The molecule has 3 rings (SSSR count). The topological polar surface area (TPSA) is 84.9 Å². The summed E-state index contributed by atoms with van der Waals surface area (Å²) in [4.78, 5) is 12.8. The number of amides is 1. The predicted octanol–water partition coefficient (Wildman–Crippen LogP) is 2.81. The van der Waals surface area contributed by atoms with Crippen molar-refractivity contribution >= 4 is 27.3 Å². The Balaban J connectivity index is 1.82. The highest BCUT2D eigenvalue weighted by molar-refractivity contribution is 7.92. The molecule has 1 aliphatic heterocycles. The van der Waals surface area contributed by atoms with Gasteiger partial charge < -0.3 is 14.8 Å². The number of anilines is 2. The van der Waals surface area contributed by atoms with E-state index in [1.807, 2.05) is 19.1 Å². The monoisotopic (exact) mass is 404 g/mol. The second-order valence-electron chi connectivity index (χ2n) is 6.60. The molecule has 8 heteroatoms. The number of ether oxygens (including phenoxy) is 2. The number of aryl methyl sites for hydroxylation is 1. The number of benzene rings is 2. The van der Waals surface area contributed by atoms with Gasteiger partial charge in [0.15, 0.2) is 11.5 Å². The highest BCUT2D eigenvalue weighted by atomic mass is 32.2. The van der Waals surface area contributed by atoms with Crippen molar-refractivity contribution in [1.29, 1.82) is 0 Å². The van der Waals surface area contributed by atoms with Crippen molar-refractivity contribution in [1.82, 2.24) is 0 Å². The zero-order valence-corrected chi connectivity index (χ0v) is 17.0. The van der Waals surface area contributed by atoms with Crippen LogP contribution in [0.25, 0.3) is 0 Å². The summed E-state index contributed by atoms with van der Waals surface area (Å²) in [5, 5.41) is 2.76.